The number of fused-ring (bicyclic) bond motifs is 1. The summed E-state index contributed by atoms with van der Waals surface area (Å²) < 4.78 is 11.1. The van der Waals surface area contributed by atoms with E-state index < -0.39 is 6.10 Å². The summed E-state index contributed by atoms with van der Waals surface area (Å²) in [5, 5.41) is 16.6. The van der Waals surface area contributed by atoms with Crippen LogP contribution in [0.2, 0.25) is 0 Å². The quantitative estimate of drug-likeness (QED) is 0.505. The van der Waals surface area contributed by atoms with Gasteiger partial charge in [-0.05, 0) is 56.0 Å². The van der Waals surface area contributed by atoms with Crippen LogP contribution in [0, 0.1) is 0 Å². The second-order valence-electron chi connectivity index (χ2n) is 9.21. The maximum absolute atomic E-state index is 13.0. The summed E-state index contributed by atoms with van der Waals surface area (Å²) in [4.78, 5) is 27.6. The topological polar surface area (TPSA) is 100 Å². The number of hydrogen-bond donors (Lipinski definition) is 3. The molecule has 1 aliphatic carbocycles. The van der Waals surface area contributed by atoms with Crippen molar-refractivity contribution in [1.82, 2.24) is 15.5 Å². The Bertz CT molecular complexity index is 1020. The third-order valence-corrected chi connectivity index (χ3v) is 6.59. The molecule has 0 spiro atoms. The number of carbonyl (C=O) groups excluding carboxylic acids is 2. The molecule has 0 radical (unpaired) electrons. The van der Waals surface area contributed by atoms with Gasteiger partial charge in [0, 0.05) is 31.2 Å². The zero-order valence-electron chi connectivity index (χ0n) is 20.5. The van der Waals surface area contributed by atoms with E-state index in [-0.39, 0.29) is 24.4 Å². The molecule has 2 unspecified atom stereocenters. The Labute approximate surface area is 206 Å². The lowest BCUT2D eigenvalue weighted by molar-refractivity contribution is 0.00357. The Hall–Kier alpha value is -2.94. The summed E-state index contributed by atoms with van der Waals surface area (Å²) in [7, 11) is 0. The van der Waals surface area contributed by atoms with Crippen LogP contribution in [0.15, 0.2) is 42.5 Å². The summed E-state index contributed by atoms with van der Waals surface area (Å²) in [6, 6.07) is 13.6. The van der Waals surface area contributed by atoms with Gasteiger partial charge in [-0.2, -0.15) is 0 Å². The fourth-order valence-electron chi connectivity index (χ4n) is 4.70. The highest BCUT2D eigenvalue weighted by atomic mass is 16.5. The standard InChI is InChI=1S/C27H35N3O5/c1-3-35-25-14-21(27(33)30-10-11-34-17-18(30)2)8-9-24(25)26(32)29-16-23(31)15-28-22-12-19-6-4-5-7-20(19)13-22/h4-9,14,18,22-23,28,31H,3,10-13,15-17H2,1-2H3,(H,29,32). The monoisotopic (exact) mass is 481 g/mol. The summed E-state index contributed by atoms with van der Waals surface area (Å²) >= 11 is 0. The molecule has 0 saturated carbocycles. The van der Waals surface area contributed by atoms with Gasteiger partial charge in [-0.1, -0.05) is 24.3 Å². The van der Waals surface area contributed by atoms with E-state index in [1.807, 2.05) is 26.0 Å². The minimum absolute atomic E-state index is 0.0109. The number of rotatable bonds is 9. The lowest BCUT2D eigenvalue weighted by atomic mass is 10.1. The van der Waals surface area contributed by atoms with Gasteiger partial charge in [0.05, 0.1) is 37.5 Å². The molecule has 8 heteroatoms. The summed E-state index contributed by atoms with van der Waals surface area (Å²) in [6.45, 7) is 6.21. The molecule has 2 amide bonds. The summed E-state index contributed by atoms with van der Waals surface area (Å²) in [5.74, 6) is -0.100. The maximum atomic E-state index is 13.0. The van der Waals surface area contributed by atoms with Crippen LogP contribution in [0.1, 0.15) is 45.7 Å². The maximum Gasteiger partial charge on any atom is 0.255 e. The SMILES string of the molecule is CCOc1cc(C(=O)N2CCOCC2C)ccc1C(=O)NCC(O)CNC1Cc2ccccc2C1. The van der Waals surface area contributed by atoms with Crippen LogP contribution in [0.25, 0.3) is 0 Å². The first kappa shape index (κ1) is 25.2. The number of hydrogen-bond acceptors (Lipinski definition) is 6. The number of ether oxygens (including phenoxy) is 2. The molecule has 2 aromatic rings. The van der Waals surface area contributed by atoms with Crippen molar-refractivity contribution in [3.05, 3.63) is 64.7 Å². The Morgan fingerprint density at radius 1 is 1.17 bits per heavy atom. The van der Waals surface area contributed by atoms with Crippen molar-refractivity contribution in [3.63, 3.8) is 0 Å². The smallest absolute Gasteiger partial charge is 0.255 e. The Morgan fingerprint density at radius 2 is 1.91 bits per heavy atom. The highest BCUT2D eigenvalue weighted by Gasteiger charge is 2.26. The Balaban J connectivity index is 1.31. The van der Waals surface area contributed by atoms with Crippen LogP contribution in [-0.2, 0) is 17.6 Å². The van der Waals surface area contributed by atoms with Gasteiger partial charge in [-0.25, -0.2) is 0 Å². The van der Waals surface area contributed by atoms with Gasteiger partial charge in [0.2, 0.25) is 0 Å². The summed E-state index contributed by atoms with van der Waals surface area (Å²) in [5.41, 5.74) is 3.51. The fourth-order valence-corrected chi connectivity index (χ4v) is 4.70. The number of carbonyl (C=O) groups is 2. The largest absolute Gasteiger partial charge is 0.493 e. The molecular weight excluding hydrogens is 446 g/mol. The average molecular weight is 482 g/mol. The summed E-state index contributed by atoms with van der Waals surface area (Å²) in [6.07, 6.45) is 1.17. The molecule has 0 aromatic heterocycles. The minimum Gasteiger partial charge on any atom is -0.493 e. The zero-order chi connectivity index (χ0) is 24.8. The average Bonchev–Trinajstić information content (AvgIpc) is 3.29. The third-order valence-electron chi connectivity index (χ3n) is 6.59. The van der Waals surface area contributed by atoms with Crippen molar-refractivity contribution in [1.29, 1.82) is 0 Å². The van der Waals surface area contributed by atoms with Crippen molar-refractivity contribution in [2.24, 2.45) is 0 Å². The molecule has 0 bridgehead atoms. The molecule has 35 heavy (non-hydrogen) atoms. The second kappa shape index (κ2) is 11.7. The van der Waals surface area contributed by atoms with E-state index in [0.29, 0.717) is 55.8 Å². The van der Waals surface area contributed by atoms with Crippen molar-refractivity contribution >= 4 is 11.8 Å². The molecule has 2 atom stereocenters. The van der Waals surface area contributed by atoms with E-state index in [4.69, 9.17) is 9.47 Å². The van der Waals surface area contributed by atoms with E-state index in [0.717, 1.165) is 12.8 Å². The van der Waals surface area contributed by atoms with Crippen molar-refractivity contribution in [2.75, 3.05) is 39.5 Å². The van der Waals surface area contributed by atoms with Crippen LogP contribution < -0.4 is 15.4 Å². The minimum atomic E-state index is -0.720. The first-order valence-corrected chi connectivity index (χ1v) is 12.4. The first-order chi connectivity index (χ1) is 17.0. The Kier molecular flexibility index (Phi) is 8.38. The molecule has 1 heterocycles. The molecule has 1 aliphatic heterocycles. The number of aliphatic hydroxyl groups is 1. The zero-order valence-corrected chi connectivity index (χ0v) is 20.5. The highest BCUT2D eigenvalue weighted by Crippen LogP contribution is 2.23. The molecule has 1 fully saturated rings. The number of morpholine rings is 1. The van der Waals surface area contributed by atoms with Gasteiger partial charge in [0.25, 0.3) is 11.8 Å². The fraction of sp³-hybridized carbons (Fsp3) is 0.481. The van der Waals surface area contributed by atoms with Crippen molar-refractivity contribution in [3.8, 4) is 5.75 Å². The predicted octanol–water partition coefficient (Wildman–Crippen LogP) is 1.79. The van der Waals surface area contributed by atoms with Gasteiger partial charge < -0.3 is 30.1 Å². The highest BCUT2D eigenvalue weighted by molar-refractivity contribution is 6.00. The number of aliphatic hydroxyl groups excluding tert-OH is 1. The molecule has 4 rings (SSSR count). The van der Waals surface area contributed by atoms with E-state index in [1.54, 1.807) is 23.1 Å². The van der Waals surface area contributed by atoms with Crippen LogP contribution in [0.4, 0.5) is 0 Å². The lowest BCUT2D eigenvalue weighted by Crippen LogP contribution is -2.47. The lowest BCUT2D eigenvalue weighted by Gasteiger charge is -2.33. The number of nitrogens with one attached hydrogen (secondary N) is 2. The van der Waals surface area contributed by atoms with Gasteiger partial charge in [0.1, 0.15) is 5.75 Å². The van der Waals surface area contributed by atoms with E-state index in [1.165, 1.54) is 11.1 Å². The molecular formula is C27H35N3O5. The van der Waals surface area contributed by atoms with Crippen LogP contribution in [0.3, 0.4) is 0 Å². The van der Waals surface area contributed by atoms with Crippen LogP contribution in [0.5, 0.6) is 5.75 Å². The normalized spacial score (nSPS) is 18.7. The number of nitrogens with zero attached hydrogens (tertiary/aromatic N) is 1. The molecule has 1 saturated heterocycles. The van der Waals surface area contributed by atoms with Crippen LogP contribution >= 0.6 is 0 Å². The van der Waals surface area contributed by atoms with Crippen molar-refractivity contribution in [2.45, 2.75) is 44.9 Å². The Morgan fingerprint density at radius 3 is 2.60 bits per heavy atom. The van der Waals surface area contributed by atoms with Gasteiger partial charge in [0.15, 0.2) is 0 Å². The van der Waals surface area contributed by atoms with Gasteiger partial charge in [-0.15, -0.1) is 0 Å². The molecule has 3 N–H and O–H groups in total. The molecule has 2 aliphatic rings. The van der Waals surface area contributed by atoms with E-state index >= 15 is 0 Å². The third kappa shape index (κ3) is 6.20. The first-order valence-electron chi connectivity index (χ1n) is 12.4. The van der Waals surface area contributed by atoms with Crippen molar-refractivity contribution < 1.29 is 24.2 Å². The van der Waals surface area contributed by atoms with Gasteiger partial charge in [-0.3, -0.25) is 9.59 Å². The van der Waals surface area contributed by atoms with Crippen LogP contribution in [-0.4, -0.2) is 79.5 Å². The predicted molar refractivity (Wildman–Crippen MR) is 133 cm³/mol. The van der Waals surface area contributed by atoms with E-state index in [9.17, 15) is 14.7 Å². The van der Waals surface area contributed by atoms with Gasteiger partial charge >= 0.3 is 0 Å². The number of amides is 2. The molecule has 8 nitrogen and oxygen atoms in total. The molecule has 188 valence electrons. The number of benzene rings is 2. The molecule has 2 aromatic carbocycles. The van der Waals surface area contributed by atoms with E-state index in [2.05, 4.69) is 22.8 Å². The second-order valence-corrected chi connectivity index (χ2v) is 9.21.